The molecule has 0 spiro atoms. The number of carbonyl (C=O) groups excluding carboxylic acids is 1. The molecule has 1 aliphatic rings. The summed E-state index contributed by atoms with van der Waals surface area (Å²) in [6.45, 7) is 3.43. The molecule has 1 heterocycles. The van der Waals surface area contributed by atoms with Crippen LogP contribution in [-0.2, 0) is 11.2 Å². The number of rotatable bonds is 2. The summed E-state index contributed by atoms with van der Waals surface area (Å²) in [5.74, 6) is 0.365. The van der Waals surface area contributed by atoms with Gasteiger partial charge in [-0.2, -0.15) is 0 Å². The van der Waals surface area contributed by atoms with Crippen LogP contribution < -0.4 is 4.74 Å². The van der Waals surface area contributed by atoms with Crippen molar-refractivity contribution in [3.8, 4) is 5.75 Å². The lowest BCUT2D eigenvalue weighted by Crippen LogP contribution is -2.39. The third-order valence-electron chi connectivity index (χ3n) is 2.94. The highest BCUT2D eigenvalue weighted by atomic mass is 16.5. The summed E-state index contributed by atoms with van der Waals surface area (Å²) in [5.41, 5.74) is 0.538. The molecule has 0 amide bonds. The summed E-state index contributed by atoms with van der Waals surface area (Å²) in [6.07, 6.45) is 0.328. The Hall–Kier alpha value is -1.55. The molecule has 0 saturated carbocycles. The van der Waals surface area contributed by atoms with E-state index in [4.69, 9.17) is 4.74 Å². The molecule has 17 heavy (non-hydrogen) atoms. The fourth-order valence-corrected chi connectivity index (χ4v) is 1.89. The molecule has 0 radical (unpaired) electrons. The van der Waals surface area contributed by atoms with Crippen LogP contribution in [0.1, 0.15) is 29.8 Å². The first kappa shape index (κ1) is 11.9. The number of hydrogen-bond acceptors (Lipinski definition) is 4. The topological polar surface area (TPSA) is 55.8 Å². The van der Waals surface area contributed by atoms with Crippen LogP contribution in [0.4, 0.5) is 0 Å². The number of aliphatic hydroxyl groups is 1. The number of esters is 1. The minimum absolute atomic E-state index is 0.273. The number of ether oxygens (including phenoxy) is 2. The molecule has 2 rings (SSSR count). The Morgan fingerprint density at radius 1 is 1.53 bits per heavy atom. The summed E-state index contributed by atoms with van der Waals surface area (Å²) < 4.78 is 10.3. The van der Waals surface area contributed by atoms with E-state index in [2.05, 4.69) is 4.74 Å². The van der Waals surface area contributed by atoms with Gasteiger partial charge in [-0.3, -0.25) is 0 Å². The first-order chi connectivity index (χ1) is 7.91. The molecule has 0 saturated heterocycles. The lowest BCUT2D eigenvalue weighted by Gasteiger charge is -2.24. The first-order valence-corrected chi connectivity index (χ1v) is 5.52. The minimum Gasteiger partial charge on any atom is -0.487 e. The molecule has 1 atom stereocenters. The zero-order valence-corrected chi connectivity index (χ0v) is 10.2. The number of hydrogen-bond donors (Lipinski definition) is 1. The monoisotopic (exact) mass is 236 g/mol. The molecule has 1 aromatic rings. The molecule has 1 aliphatic heterocycles. The van der Waals surface area contributed by atoms with Crippen LogP contribution in [0.25, 0.3) is 0 Å². The molecular formula is C13H16O4. The normalized spacial score (nSPS) is 18.5. The van der Waals surface area contributed by atoms with E-state index in [0.29, 0.717) is 12.0 Å². The van der Waals surface area contributed by atoms with Crippen molar-refractivity contribution in [1.82, 2.24) is 0 Å². The van der Waals surface area contributed by atoms with Gasteiger partial charge in [-0.05, 0) is 37.6 Å². The van der Waals surface area contributed by atoms with Gasteiger partial charge in [0.05, 0.1) is 18.3 Å². The van der Waals surface area contributed by atoms with Crippen molar-refractivity contribution in [2.45, 2.75) is 32.0 Å². The van der Waals surface area contributed by atoms with Crippen LogP contribution in [0, 0.1) is 0 Å². The van der Waals surface area contributed by atoms with Gasteiger partial charge in [0.25, 0.3) is 0 Å². The van der Waals surface area contributed by atoms with Gasteiger partial charge in [-0.1, -0.05) is 0 Å². The van der Waals surface area contributed by atoms with Crippen molar-refractivity contribution in [2.75, 3.05) is 7.11 Å². The van der Waals surface area contributed by atoms with E-state index < -0.39 is 5.60 Å². The number of benzene rings is 1. The second-order valence-electron chi connectivity index (χ2n) is 4.78. The third-order valence-corrected chi connectivity index (χ3v) is 2.94. The zero-order chi connectivity index (χ0) is 12.6. The van der Waals surface area contributed by atoms with Crippen LogP contribution in [0.5, 0.6) is 5.75 Å². The smallest absolute Gasteiger partial charge is 0.337 e. The van der Waals surface area contributed by atoms with Gasteiger partial charge in [0, 0.05) is 6.42 Å². The Balaban J connectivity index is 2.25. The van der Waals surface area contributed by atoms with E-state index in [1.54, 1.807) is 32.0 Å². The average molecular weight is 236 g/mol. The number of carbonyl (C=O) groups is 1. The van der Waals surface area contributed by atoms with Gasteiger partial charge in [0.1, 0.15) is 11.9 Å². The molecular weight excluding hydrogens is 220 g/mol. The lowest BCUT2D eigenvalue weighted by atomic mass is 9.97. The van der Waals surface area contributed by atoms with Gasteiger partial charge in [-0.15, -0.1) is 0 Å². The van der Waals surface area contributed by atoms with Crippen molar-refractivity contribution in [2.24, 2.45) is 0 Å². The standard InChI is InChI=1S/C13H16O4/c1-13(2,15)11-7-9-6-8(12(14)16-3)4-5-10(9)17-11/h4-6,11,15H,7H2,1-3H3/t11-/m0/s1. The fourth-order valence-electron chi connectivity index (χ4n) is 1.89. The Bertz CT molecular complexity index is 445. The van der Waals surface area contributed by atoms with Crippen LogP contribution in [-0.4, -0.2) is 29.9 Å². The Kier molecular flexibility index (Phi) is 2.83. The van der Waals surface area contributed by atoms with Gasteiger partial charge in [-0.25, -0.2) is 4.79 Å². The van der Waals surface area contributed by atoms with Crippen LogP contribution in [0.15, 0.2) is 18.2 Å². The molecule has 92 valence electrons. The van der Waals surface area contributed by atoms with Gasteiger partial charge >= 0.3 is 5.97 Å². The van der Waals surface area contributed by atoms with E-state index in [1.807, 2.05) is 0 Å². The van der Waals surface area contributed by atoms with Crippen molar-refractivity contribution >= 4 is 5.97 Å². The molecule has 0 bridgehead atoms. The quantitative estimate of drug-likeness (QED) is 0.791. The maximum absolute atomic E-state index is 11.4. The second kappa shape index (κ2) is 4.04. The van der Waals surface area contributed by atoms with Crippen molar-refractivity contribution in [1.29, 1.82) is 0 Å². The number of fused-ring (bicyclic) bond motifs is 1. The predicted molar refractivity (Wildman–Crippen MR) is 62.2 cm³/mol. The summed E-state index contributed by atoms with van der Waals surface area (Å²) in [4.78, 5) is 11.4. The molecule has 0 fully saturated rings. The van der Waals surface area contributed by atoms with Crippen LogP contribution >= 0.6 is 0 Å². The summed E-state index contributed by atoms with van der Waals surface area (Å²) >= 11 is 0. The zero-order valence-electron chi connectivity index (χ0n) is 10.2. The summed E-state index contributed by atoms with van der Waals surface area (Å²) in [7, 11) is 1.35. The summed E-state index contributed by atoms with van der Waals surface area (Å²) in [6, 6.07) is 5.16. The molecule has 4 nitrogen and oxygen atoms in total. The van der Waals surface area contributed by atoms with Crippen molar-refractivity contribution < 1.29 is 19.4 Å². The third kappa shape index (κ3) is 2.26. The molecule has 0 unspecified atom stereocenters. The molecule has 1 aromatic carbocycles. The Morgan fingerprint density at radius 3 is 2.82 bits per heavy atom. The molecule has 0 aromatic heterocycles. The highest BCUT2D eigenvalue weighted by molar-refractivity contribution is 5.89. The fraction of sp³-hybridized carbons (Fsp3) is 0.462. The van der Waals surface area contributed by atoms with Crippen molar-refractivity contribution in [3.05, 3.63) is 29.3 Å². The van der Waals surface area contributed by atoms with Gasteiger partial charge in [0.15, 0.2) is 0 Å². The maximum Gasteiger partial charge on any atom is 0.337 e. The van der Waals surface area contributed by atoms with Crippen LogP contribution in [0.2, 0.25) is 0 Å². The van der Waals surface area contributed by atoms with E-state index in [0.717, 1.165) is 11.3 Å². The SMILES string of the molecule is COC(=O)c1ccc2c(c1)C[C@@H](C(C)(C)O)O2. The van der Waals surface area contributed by atoms with E-state index in [9.17, 15) is 9.90 Å². The molecule has 1 N–H and O–H groups in total. The molecule has 4 heteroatoms. The van der Waals surface area contributed by atoms with Gasteiger partial charge < -0.3 is 14.6 Å². The highest BCUT2D eigenvalue weighted by Gasteiger charge is 2.34. The number of methoxy groups -OCH3 is 1. The Morgan fingerprint density at radius 2 is 2.24 bits per heavy atom. The van der Waals surface area contributed by atoms with Crippen molar-refractivity contribution in [3.63, 3.8) is 0 Å². The minimum atomic E-state index is -0.898. The molecule has 0 aliphatic carbocycles. The van der Waals surface area contributed by atoms with Crippen LogP contribution in [0.3, 0.4) is 0 Å². The second-order valence-corrected chi connectivity index (χ2v) is 4.78. The Labute approximate surface area is 100 Å². The first-order valence-electron chi connectivity index (χ1n) is 5.52. The average Bonchev–Trinajstić information content (AvgIpc) is 2.70. The van der Waals surface area contributed by atoms with E-state index in [-0.39, 0.29) is 12.1 Å². The lowest BCUT2D eigenvalue weighted by molar-refractivity contribution is -0.0229. The highest BCUT2D eigenvalue weighted by Crippen LogP contribution is 2.33. The van der Waals surface area contributed by atoms with E-state index in [1.165, 1.54) is 7.11 Å². The summed E-state index contributed by atoms with van der Waals surface area (Å²) in [5, 5.41) is 9.90. The van der Waals surface area contributed by atoms with E-state index >= 15 is 0 Å². The maximum atomic E-state index is 11.4. The predicted octanol–water partition coefficient (Wildman–Crippen LogP) is 1.55. The van der Waals surface area contributed by atoms with Gasteiger partial charge in [0.2, 0.25) is 0 Å². The largest absolute Gasteiger partial charge is 0.487 e.